The summed E-state index contributed by atoms with van der Waals surface area (Å²) in [5.74, 6) is 3.44. The van der Waals surface area contributed by atoms with Crippen LogP contribution in [0.5, 0.6) is 0 Å². The van der Waals surface area contributed by atoms with Crippen molar-refractivity contribution in [2.75, 3.05) is 0 Å². The van der Waals surface area contributed by atoms with Crippen LogP contribution in [0.3, 0.4) is 0 Å². The minimum absolute atomic E-state index is 0.171. The van der Waals surface area contributed by atoms with Gasteiger partial charge in [-0.3, -0.25) is 9.59 Å². The van der Waals surface area contributed by atoms with Crippen LogP contribution in [0.25, 0.3) is 0 Å². The van der Waals surface area contributed by atoms with Gasteiger partial charge < -0.3 is 0 Å². The van der Waals surface area contributed by atoms with Crippen LogP contribution >= 0.6 is 0 Å². The number of carbonyl (C=O) groups excluding carboxylic acids is 2. The van der Waals surface area contributed by atoms with E-state index in [1.54, 1.807) is 0 Å². The monoisotopic (exact) mass is 438 g/mol. The smallest absolute Gasteiger partial charge is 0.145 e. The van der Waals surface area contributed by atoms with Gasteiger partial charge >= 0.3 is 0 Å². The number of hydrogen-bond acceptors (Lipinski definition) is 2. The molecule has 5 aliphatic rings. The molecule has 9 atom stereocenters. The van der Waals surface area contributed by atoms with Crippen molar-refractivity contribution in [1.82, 2.24) is 0 Å². The largest absolute Gasteiger partial charge is 0.299 e. The predicted molar refractivity (Wildman–Crippen MR) is 130 cm³/mol. The molecule has 5 rings (SSSR count). The highest BCUT2D eigenvalue weighted by molar-refractivity contribution is 5.85. The van der Waals surface area contributed by atoms with Crippen LogP contribution in [0, 0.1) is 56.7 Å². The Hall–Kier alpha value is -0.920. The molecular formula is C30H46O2. The van der Waals surface area contributed by atoms with Crippen molar-refractivity contribution in [2.45, 2.75) is 106 Å². The van der Waals surface area contributed by atoms with Crippen molar-refractivity contribution >= 4 is 12.1 Å². The summed E-state index contributed by atoms with van der Waals surface area (Å²) in [6.07, 6.45) is 13.1. The molecule has 0 amide bonds. The van der Waals surface area contributed by atoms with E-state index in [0.717, 1.165) is 31.1 Å². The van der Waals surface area contributed by atoms with Crippen LogP contribution in [0.15, 0.2) is 12.2 Å². The third-order valence-electron chi connectivity index (χ3n) is 13.2. The van der Waals surface area contributed by atoms with E-state index in [1.165, 1.54) is 44.9 Å². The highest BCUT2D eigenvalue weighted by atomic mass is 16.1. The van der Waals surface area contributed by atoms with Crippen molar-refractivity contribution in [3.63, 3.8) is 0 Å². The molecule has 0 bridgehead atoms. The molecule has 178 valence electrons. The Kier molecular flexibility index (Phi) is 4.87. The van der Waals surface area contributed by atoms with E-state index >= 15 is 0 Å². The molecule has 0 spiro atoms. The molecule has 2 nitrogen and oxygen atoms in total. The number of rotatable bonds is 2. The van der Waals surface area contributed by atoms with Crippen LogP contribution in [-0.4, -0.2) is 12.1 Å². The second kappa shape index (κ2) is 6.82. The summed E-state index contributed by atoms with van der Waals surface area (Å²) in [5.41, 5.74) is 2.00. The maximum atomic E-state index is 12.9. The van der Waals surface area contributed by atoms with Crippen molar-refractivity contribution in [3.05, 3.63) is 12.2 Å². The number of aldehydes is 1. The van der Waals surface area contributed by atoms with Crippen molar-refractivity contribution in [2.24, 2.45) is 56.7 Å². The molecule has 0 aromatic heterocycles. The molecular weight excluding hydrogens is 392 g/mol. The molecule has 2 heteroatoms. The van der Waals surface area contributed by atoms with Crippen LogP contribution in [-0.2, 0) is 9.59 Å². The molecule has 5 fully saturated rings. The first kappa shape index (κ1) is 22.9. The standard InChI is InChI=1S/C30H46O2/c1-19(18-31)20-10-13-27(4)16-17-29(6)21(25(20)27)8-9-23-28(5)14-12-24(32)26(2,3)22(28)11-15-30(23,29)7/h18,20-23,25H,1,8-17H2,2-7H3. The second-order valence-electron chi connectivity index (χ2n) is 14.3. The zero-order chi connectivity index (χ0) is 23.3. The van der Waals surface area contributed by atoms with E-state index < -0.39 is 0 Å². The predicted octanol–water partition coefficient (Wildman–Crippen LogP) is 7.41. The average molecular weight is 439 g/mol. The number of ketones is 1. The van der Waals surface area contributed by atoms with Gasteiger partial charge in [-0.05, 0) is 115 Å². The first-order valence-corrected chi connectivity index (χ1v) is 13.5. The number of carbonyl (C=O) groups is 2. The van der Waals surface area contributed by atoms with Gasteiger partial charge in [0, 0.05) is 11.8 Å². The first-order valence-electron chi connectivity index (χ1n) is 13.5. The summed E-state index contributed by atoms with van der Waals surface area (Å²) in [6.45, 7) is 19.1. The fourth-order valence-electron chi connectivity index (χ4n) is 11.2. The van der Waals surface area contributed by atoms with E-state index in [4.69, 9.17) is 0 Å². The summed E-state index contributed by atoms with van der Waals surface area (Å²) in [4.78, 5) is 24.7. The summed E-state index contributed by atoms with van der Waals surface area (Å²) < 4.78 is 0. The Morgan fingerprint density at radius 1 is 0.844 bits per heavy atom. The Morgan fingerprint density at radius 2 is 1.56 bits per heavy atom. The summed E-state index contributed by atoms with van der Waals surface area (Å²) in [5, 5.41) is 0. The van der Waals surface area contributed by atoms with Crippen molar-refractivity contribution in [3.8, 4) is 0 Å². The van der Waals surface area contributed by atoms with Crippen LogP contribution in [0.2, 0.25) is 0 Å². The van der Waals surface area contributed by atoms with Gasteiger partial charge in [0.2, 0.25) is 0 Å². The lowest BCUT2D eigenvalue weighted by Gasteiger charge is -2.72. The topological polar surface area (TPSA) is 34.1 Å². The second-order valence-corrected chi connectivity index (χ2v) is 14.3. The van der Waals surface area contributed by atoms with E-state index in [1.807, 2.05) is 0 Å². The van der Waals surface area contributed by atoms with Gasteiger partial charge in [-0.15, -0.1) is 0 Å². The zero-order valence-corrected chi connectivity index (χ0v) is 21.6. The van der Waals surface area contributed by atoms with Gasteiger partial charge in [0.1, 0.15) is 12.1 Å². The van der Waals surface area contributed by atoms with Gasteiger partial charge in [0.15, 0.2) is 0 Å². The maximum absolute atomic E-state index is 12.9. The van der Waals surface area contributed by atoms with Gasteiger partial charge in [-0.2, -0.15) is 0 Å². The third kappa shape index (κ3) is 2.59. The Balaban J connectivity index is 1.55. The van der Waals surface area contributed by atoms with Crippen molar-refractivity contribution < 1.29 is 9.59 Å². The average Bonchev–Trinajstić information content (AvgIpc) is 3.09. The molecule has 5 aliphatic carbocycles. The fraction of sp³-hybridized carbons (Fsp3) is 0.867. The molecule has 0 heterocycles. The third-order valence-corrected chi connectivity index (χ3v) is 13.2. The molecule has 0 aromatic carbocycles. The van der Waals surface area contributed by atoms with Crippen LogP contribution in [0.4, 0.5) is 0 Å². The Morgan fingerprint density at radius 3 is 2.25 bits per heavy atom. The first-order chi connectivity index (χ1) is 14.8. The molecule has 0 aromatic rings. The normalized spacial score (nSPS) is 54.1. The molecule has 0 radical (unpaired) electrons. The van der Waals surface area contributed by atoms with E-state index in [-0.39, 0.29) is 10.8 Å². The summed E-state index contributed by atoms with van der Waals surface area (Å²) in [6, 6.07) is 0. The SMILES string of the molecule is C=C(C=O)C1CCC2(C)CCC3(C)C(CCC4C5(C)CCC(=O)C(C)(C)C5CCC43C)C12. The lowest BCUT2D eigenvalue weighted by Crippen LogP contribution is -2.66. The maximum Gasteiger partial charge on any atom is 0.145 e. The van der Waals surface area contributed by atoms with Gasteiger partial charge in [-0.1, -0.05) is 48.1 Å². The number of Topliss-reactive ketones (excluding diaryl/α,β-unsaturated/α-hetero) is 1. The van der Waals surface area contributed by atoms with E-state index in [2.05, 4.69) is 48.1 Å². The van der Waals surface area contributed by atoms with Crippen LogP contribution < -0.4 is 0 Å². The quantitative estimate of drug-likeness (QED) is 0.332. The number of allylic oxidation sites excluding steroid dienone is 1. The van der Waals surface area contributed by atoms with Crippen molar-refractivity contribution in [1.29, 1.82) is 0 Å². The Labute approximate surface area is 196 Å². The van der Waals surface area contributed by atoms with Crippen LogP contribution in [0.1, 0.15) is 106 Å². The van der Waals surface area contributed by atoms with E-state index in [9.17, 15) is 9.59 Å². The number of hydrogen-bond donors (Lipinski definition) is 0. The minimum atomic E-state index is -0.171. The highest BCUT2D eigenvalue weighted by Gasteiger charge is 2.70. The van der Waals surface area contributed by atoms with Gasteiger partial charge in [0.05, 0.1) is 0 Å². The number of fused-ring (bicyclic) bond motifs is 7. The molecule has 5 saturated carbocycles. The van der Waals surface area contributed by atoms with Gasteiger partial charge in [-0.25, -0.2) is 0 Å². The molecule has 0 saturated heterocycles. The lowest BCUT2D eigenvalue weighted by atomic mass is 9.32. The molecule has 32 heavy (non-hydrogen) atoms. The van der Waals surface area contributed by atoms with Gasteiger partial charge in [0.25, 0.3) is 0 Å². The van der Waals surface area contributed by atoms with E-state index in [0.29, 0.717) is 51.6 Å². The molecule has 0 aliphatic heterocycles. The Bertz CT molecular complexity index is 855. The summed E-state index contributed by atoms with van der Waals surface area (Å²) >= 11 is 0. The molecule has 0 N–H and O–H groups in total. The fourth-order valence-corrected chi connectivity index (χ4v) is 11.2. The minimum Gasteiger partial charge on any atom is -0.299 e. The lowest BCUT2D eigenvalue weighted by molar-refractivity contribution is -0.232. The zero-order valence-electron chi connectivity index (χ0n) is 21.6. The summed E-state index contributed by atoms with van der Waals surface area (Å²) in [7, 11) is 0. The molecule has 9 unspecified atom stereocenters. The highest BCUT2D eigenvalue weighted by Crippen LogP contribution is 2.77.